The van der Waals surface area contributed by atoms with Crippen LogP contribution < -0.4 is 5.32 Å². The fourth-order valence-corrected chi connectivity index (χ4v) is 2.62. The minimum absolute atomic E-state index is 0.713. The molecule has 1 N–H and O–H groups in total. The van der Waals surface area contributed by atoms with Gasteiger partial charge in [0.25, 0.3) is 0 Å². The molecule has 0 aromatic carbocycles. The zero-order chi connectivity index (χ0) is 10.4. The molecule has 0 saturated heterocycles. The molecule has 14 heavy (non-hydrogen) atoms. The third-order valence-electron chi connectivity index (χ3n) is 3.58. The second-order valence-corrected chi connectivity index (χ2v) is 5.08. The molecule has 1 aliphatic carbocycles. The molecular weight excluding hydrogens is 170 g/mol. The third kappa shape index (κ3) is 4.00. The number of hydrogen-bond acceptors (Lipinski definition) is 1. The lowest BCUT2D eigenvalue weighted by molar-refractivity contribution is 0.319. The molecule has 0 aromatic rings. The van der Waals surface area contributed by atoms with Crippen molar-refractivity contribution in [3.63, 3.8) is 0 Å². The van der Waals surface area contributed by atoms with Crippen LogP contribution in [0.4, 0.5) is 0 Å². The first-order valence-corrected chi connectivity index (χ1v) is 6.50. The van der Waals surface area contributed by atoms with Gasteiger partial charge in [-0.05, 0) is 32.1 Å². The second kappa shape index (κ2) is 6.44. The highest BCUT2D eigenvalue weighted by molar-refractivity contribution is 4.78. The van der Waals surface area contributed by atoms with Crippen LogP contribution in [0.1, 0.15) is 65.7 Å². The molecule has 1 nitrogen and oxygen atoms in total. The van der Waals surface area contributed by atoms with Crippen LogP contribution in [-0.2, 0) is 0 Å². The van der Waals surface area contributed by atoms with Gasteiger partial charge in [-0.3, -0.25) is 0 Å². The van der Waals surface area contributed by atoms with E-state index in [1.165, 1.54) is 44.9 Å². The molecule has 1 rings (SSSR count). The predicted molar refractivity (Wildman–Crippen MR) is 63.5 cm³/mol. The summed E-state index contributed by atoms with van der Waals surface area (Å²) in [5.74, 6) is 0.886. The Morgan fingerprint density at radius 2 is 1.93 bits per heavy atom. The molecule has 0 aromatic heterocycles. The van der Waals surface area contributed by atoms with E-state index in [9.17, 15) is 0 Å². The molecule has 84 valence electrons. The van der Waals surface area contributed by atoms with Crippen LogP contribution in [0.25, 0.3) is 0 Å². The molecule has 1 aliphatic rings. The molecule has 3 unspecified atom stereocenters. The average Bonchev–Trinajstić information content (AvgIpc) is 2.33. The van der Waals surface area contributed by atoms with Gasteiger partial charge in [0.05, 0.1) is 0 Å². The van der Waals surface area contributed by atoms with Crippen molar-refractivity contribution in [1.29, 1.82) is 0 Å². The monoisotopic (exact) mass is 197 g/mol. The lowest BCUT2D eigenvalue weighted by Gasteiger charge is -2.26. The summed E-state index contributed by atoms with van der Waals surface area (Å²) in [5, 5.41) is 3.81. The van der Waals surface area contributed by atoms with Gasteiger partial charge in [-0.1, -0.05) is 39.5 Å². The van der Waals surface area contributed by atoms with E-state index in [0.29, 0.717) is 6.04 Å². The summed E-state index contributed by atoms with van der Waals surface area (Å²) in [6.45, 7) is 7.03. The highest BCUT2D eigenvalue weighted by Crippen LogP contribution is 2.23. The lowest BCUT2D eigenvalue weighted by atomic mass is 9.96. The first-order chi connectivity index (χ1) is 6.74. The van der Waals surface area contributed by atoms with Gasteiger partial charge in [0, 0.05) is 12.1 Å². The van der Waals surface area contributed by atoms with Gasteiger partial charge in [0.15, 0.2) is 0 Å². The molecule has 0 radical (unpaired) electrons. The van der Waals surface area contributed by atoms with Crippen LogP contribution in [0, 0.1) is 5.92 Å². The SMILES string of the molecule is CCCC(C)NC1CCCCCC1C. The van der Waals surface area contributed by atoms with Crippen molar-refractivity contribution in [2.75, 3.05) is 0 Å². The Morgan fingerprint density at radius 3 is 2.64 bits per heavy atom. The maximum atomic E-state index is 3.81. The van der Waals surface area contributed by atoms with Gasteiger partial charge in [0.1, 0.15) is 0 Å². The fraction of sp³-hybridized carbons (Fsp3) is 1.00. The predicted octanol–water partition coefficient (Wildman–Crippen LogP) is 3.73. The highest BCUT2D eigenvalue weighted by Gasteiger charge is 2.20. The van der Waals surface area contributed by atoms with Gasteiger partial charge in [-0.15, -0.1) is 0 Å². The number of nitrogens with one attached hydrogen (secondary N) is 1. The van der Waals surface area contributed by atoms with E-state index in [1.54, 1.807) is 0 Å². The van der Waals surface area contributed by atoms with Crippen molar-refractivity contribution in [3.05, 3.63) is 0 Å². The molecule has 0 spiro atoms. The quantitative estimate of drug-likeness (QED) is 0.677. The first kappa shape index (κ1) is 12.0. The smallest absolute Gasteiger partial charge is 0.00951 e. The Hall–Kier alpha value is -0.0400. The fourth-order valence-electron chi connectivity index (χ4n) is 2.62. The van der Waals surface area contributed by atoms with Crippen LogP contribution in [0.2, 0.25) is 0 Å². The standard InChI is InChI=1S/C13H27N/c1-4-8-12(3)14-13-10-7-5-6-9-11(13)2/h11-14H,4-10H2,1-3H3. The minimum atomic E-state index is 0.713. The summed E-state index contributed by atoms with van der Waals surface area (Å²) in [4.78, 5) is 0. The molecule has 0 aliphatic heterocycles. The van der Waals surface area contributed by atoms with Crippen LogP contribution in [-0.4, -0.2) is 12.1 Å². The van der Waals surface area contributed by atoms with E-state index in [-0.39, 0.29) is 0 Å². The zero-order valence-corrected chi connectivity index (χ0v) is 10.2. The maximum absolute atomic E-state index is 3.81. The van der Waals surface area contributed by atoms with Gasteiger partial charge < -0.3 is 5.32 Å². The Balaban J connectivity index is 2.32. The Labute approximate surface area is 89.7 Å². The van der Waals surface area contributed by atoms with Crippen LogP contribution in [0.5, 0.6) is 0 Å². The summed E-state index contributed by atoms with van der Waals surface area (Å²) in [5.41, 5.74) is 0. The lowest BCUT2D eigenvalue weighted by Crippen LogP contribution is -2.40. The molecule has 0 heterocycles. The van der Waals surface area contributed by atoms with Gasteiger partial charge in [-0.2, -0.15) is 0 Å². The van der Waals surface area contributed by atoms with Gasteiger partial charge >= 0.3 is 0 Å². The minimum Gasteiger partial charge on any atom is -0.311 e. The van der Waals surface area contributed by atoms with Crippen molar-refractivity contribution in [3.8, 4) is 0 Å². The Bertz CT molecular complexity index is 144. The van der Waals surface area contributed by atoms with E-state index in [1.807, 2.05) is 0 Å². The summed E-state index contributed by atoms with van der Waals surface area (Å²) < 4.78 is 0. The van der Waals surface area contributed by atoms with Crippen molar-refractivity contribution in [2.24, 2.45) is 5.92 Å². The van der Waals surface area contributed by atoms with Crippen molar-refractivity contribution in [1.82, 2.24) is 5.32 Å². The van der Waals surface area contributed by atoms with Crippen molar-refractivity contribution < 1.29 is 0 Å². The topological polar surface area (TPSA) is 12.0 Å². The normalized spacial score (nSPS) is 31.1. The summed E-state index contributed by atoms with van der Waals surface area (Å²) in [6, 6.07) is 1.50. The molecule has 1 fully saturated rings. The van der Waals surface area contributed by atoms with Gasteiger partial charge in [-0.25, -0.2) is 0 Å². The average molecular weight is 197 g/mol. The Morgan fingerprint density at radius 1 is 1.21 bits per heavy atom. The highest BCUT2D eigenvalue weighted by atomic mass is 14.9. The molecule has 1 heteroatoms. The van der Waals surface area contributed by atoms with Crippen molar-refractivity contribution >= 4 is 0 Å². The van der Waals surface area contributed by atoms with E-state index >= 15 is 0 Å². The van der Waals surface area contributed by atoms with Crippen molar-refractivity contribution in [2.45, 2.75) is 77.8 Å². The zero-order valence-electron chi connectivity index (χ0n) is 10.2. The van der Waals surface area contributed by atoms with E-state index in [4.69, 9.17) is 0 Å². The molecule has 0 bridgehead atoms. The van der Waals surface area contributed by atoms with Crippen LogP contribution in [0.3, 0.4) is 0 Å². The summed E-state index contributed by atoms with van der Waals surface area (Å²) in [6.07, 6.45) is 9.78. The van der Waals surface area contributed by atoms with E-state index in [2.05, 4.69) is 26.1 Å². The second-order valence-electron chi connectivity index (χ2n) is 5.08. The third-order valence-corrected chi connectivity index (χ3v) is 3.58. The number of rotatable bonds is 4. The molecular formula is C13H27N. The first-order valence-electron chi connectivity index (χ1n) is 6.50. The summed E-state index contributed by atoms with van der Waals surface area (Å²) >= 11 is 0. The van der Waals surface area contributed by atoms with Crippen LogP contribution >= 0.6 is 0 Å². The largest absolute Gasteiger partial charge is 0.311 e. The maximum Gasteiger partial charge on any atom is 0.00951 e. The summed E-state index contributed by atoms with van der Waals surface area (Å²) in [7, 11) is 0. The van der Waals surface area contributed by atoms with E-state index < -0.39 is 0 Å². The molecule has 3 atom stereocenters. The Kier molecular flexibility index (Phi) is 5.54. The molecule has 0 amide bonds. The number of hydrogen-bond donors (Lipinski definition) is 1. The van der Waals surface area contributed by atoms with Crippen LogP contribution in [0.15, 0.2) is 0 Å². The van der Waals surface area contributed by atoms with Gasteiger partial charge in [0.2, 0.25) is 0 Å². The molecule has 1 saturated carbocycles. The van der Waals surface area contributed by atoms with E-state index in [0.717, 1.165) is 12.0 Å².